The second-order valence-corrected chi connectivity index (χ2v) is 4.11. The molecule has 0 aromatic heterocycles. The Labute approximate surface area is 100 Å². The lowest BCUT2D eigenvalue weighted by Gasteiger charge is -2.10. The van der Waals surface area contributed by atoms with E-state index in [0.29, 0.717) is 17.0 Å². The Morgan fingerprint density at radius 3 is 2.88 bits per heavy atom. The van der Waals surface area contributed by atoms with Crippen molar-refractivity contribution in [3.63, 3.8) is 0 Å². The highest BCUT2D eigenvalue weighted by Gasteiger charge is 2.10. The van der Waals surface area contributed by atoms with Gasteiger partial charge >= 0.3 is 0 Å². The molecule has 0 aliphatic rings. The first-order valence-electron chi connectivity index (χ1n) is 4.98. The number of hydrogen-bond acceptors (Lipinski definition) is 2. The van der Waals surface area contributed by atoms with Crippen molar-refractivity contribution in [2.75, 3.05) is 0 Å². The molecule has 4 heteroatoms. The standard InChI is InChI=1S/C12H13ClN2O/c1-8-7-10(3-4-11(8)13)12(16)15-9(2)5-6-14/h3-4,7,9H,5H2,1-2H3,(H,15,16). The van der Waals surface area contributed by atoms with Gasteiger partial charge in [0.2, 0.25) is 0 Å². The van der Waals surface area contributed by atoms with E-state index in [4.69, 9.17) is 16.9 Å². The Morgan fingerprint density at radius 1 is 1.62 bits per heavy atom. The molecule has 0 spiro atoms. The molecule has 0 heterocycles. The number of halogens is 1. The maximum absolute atomic E-state index is 11.7. The molecule has 1 amide bonds. The number of nitriles is 1. The third-order valence-electron chi connectivity index (χ3n) is 2.20. The monoisotopic (exact) mass is 236 g/mol. The molecular weight excluding hydrogens is 224 g/mol. The summed E-state index contributed by atoms with van der Waals surface area (Å²) < 4.78 is 0. The Morgan fingerprint density at radius 2 is 2.31 bits per heavy atom. The molecule has 0 radical (unpaired) electrons. The fourth-order valence-electron chi connectivity index (χ4n) is 1.28. The summed E-state index contributed by atoms with van der Waals surface area (Å²) in [7, 11) is 0. The van der Waals surface area contributed by atoms with Crippen LogP contribution in [-0.4, -0.2) is 11.9 Å². The third kappa shape index (κ3) is 3.25. The van der Waals surface area contributed by atoms with Crippen LogP contribution < -0.4 is 5.32 Å². The molecule has 1 aromatic rings. The van der Waals surface area contributed by atoms with Crippen molar-refractivity contribution >= 4 is 17.5 Å². The molecule has 16 heavy (non-hydrogen) atoms. The van der Waals surface area contributed by atoms with E-state index < -0.39 is 0 Å². The molecule has 1 aromatic carbocycles. The van der Waals surface area contributed by atoms with Gasteiger partial charge < -0.3 is 5.32 Å². The highest BCUT2D eigenvalue weighted by Crippen LogP contribution is 2.16. The number of nitrogens with zero attached hydrogens (tertiary/aromatic N) is 1. The lowest BCUT2D eigenvalue weighted by Crippen LogP contribution is -2.32. The Hall–Kier alpha value is -1.53. The summed E-state index contributed by atoms with van der Waals surface area (Å²) in [6.07, 6.45) is 0.304. The summed E-state index contributed by atoms with van der Waals surface area (Å²) in [4.78, 5) is 11.7. The van der Waals surface area contributed by atoms with Crippen LogP contribution in [-0.2, 0) is 0 Å². The second kappa shape index (κ2) is 5.53. The molecule has 0 bridgehead atoms. The number of carbonyl (C=O) groups excluding carboxylic acids is 1. The van der Waals surface area contributed by atoms with Gasteiger partial charge in [-0.2, -0.15) is 5.26 Å². The first-order chi connectivity index (χ1) is 7.54. The smallest absolute Gasteiger partial charge is 0.251 e. The maximum Gasteiger partial charge on any atom is 0.251 e. The van der Waals surface area contributed by atoms with Crippen molar-refractivity contribution in [1.29, 1.82) is 5.26 Å². The number of rotatable bonds is 3. The SMILES string of the molecule is Cc1cc(C(=O)NC(C)CC#N)ccc1Cl. The molecule has 84 valence electrons. The van der Waals surface area contributed by atoms with E-state index in [0.717, 1.165) is 5.56 Å². The summed E-state index contributed by atoms with van der Waals surface area (Å²) in [5, 5.41) is 11.9. The van der Waals surface area contributed by atoms with Crippen LogP contribution in [0.25, 0.3) is 0 Å². The number of amides is 1. The molecule has 3 nitrogen and oxygen atoms in total. The Bertz CT molecular complexity index is 437. The highest BCUT2D eigenvalue weighted by molar-refractivity contribution is 6.31. The van der Waals surface area contributed by atoms with Crippen LogP contribution in [0.2, 0.25) is 5.02 Å². The average Bonchev–Trinajstić information content (AvgIpc) is 2.22. The van der Waals surface area contributed by atoms with Crippen molar-refractivity contribution in [2.45, 2.75) is 26.3 Å². The van der Waals surface area contributed by atoms with Crippen molar-refractivity contribution < 1.29 is 4.79 Å². The Kier molecular flexibility index (Phi) is 4.33. The van der Waals surface area contributed by atoms with E-state index in [-0.39, 0.29) is 11.9 Å². The van der Waals surface area contributed by atoms with Crippen molar-refractivity contribution in [2.24, 2.45) is 0 Å². The number of nitrogens with one attached hydrogen (secondary N) is 1. The summed E-state index contributed by atoms with van der Waals surface area (Å²) in [6.45, 7) is 3.64. The maximum atomic E-state index is 11.7. The summed E-state index contributed by atoms with van der Waals surface area (Å²) >= 11 is 5.87. The summed E-state index contributed by atoms with van der Waals surface area (Å²) in [6, 6.07) is 6.96. The third-order valence-corrected chi connectivity index (χ3v) is 2.62. The van der Waals surface area contributed by atoms with Gasteiger partial charge in [0.15, 0.2) is 0 Å². The number of aryl methyl sites for hydroxylation is 1. The molecule has 0 aliphatic carbocycles. The van der Waals surface area contributed by atoms with Gasteiger partial charge in [-0.15, -0.1) is 0 Å². The van der Waals surface area contributed by atoms with Crippen LogP contribution in [0.3, 0.4) is 0 Å². The Balaban J connectivity index is 2.74. The zero-order chi connectivity index (χ0) is 12.1. The van der Waals surface area contributed by atoms with Crippen molar-refractivity contribution in [1.82, 2.24) is 5.32 Å². The van der Waals surface area contributed by atoms with Gasteiger partial charge in [0.1, 0.15) is 0 Å². The minimum atomic E-state index is -0.178. The van der Waals surface area contributed by atoms with E-state index in [1.807, 2.05) is 13.0 Å². The molecule has 1 unspecified atom stereocenters. The fraction of sp³-hybridized carbons (Fsp3) is 0.333. The van der Waals surface area contributed by atoms with E-state index in [1.54, 1.807) is 25.1 Å². The zero-order valence-corrected chi connectivity index (χ0v) is 10.0. The van der Waals surface area contributed by atoms with Gasteiger partial charge in [0, 0.05) is 16.6 Å². The molecule has 1 rings (SSSR count). The topological polar surface area (TPSA) is 52.9 Å². The molecule has 0 saturated carbocycles. The van der Waals surface area contributed by atoms with Crippen LogP contribution >= 0.6 is 11.6 Å². The number of benzene rings is 1. The van der Waals surface area contributed by atoms with E-state index in [2.05, 4.69) is 5.32 Å². The average molecular weight is 237 g/mol. The van der Waals surface area contributed by atoms with Gasteiger partial charge in [0.25, 0.3) is 5.91 Å². The van der Waals surface area contributed by atoms with E-state index in [9.17, 15) is 4.79 Å². The van der Waals surface area contributed by atoms with Gasteiger partial charge in [-0.3, -0.25) is 4.79 Å². The lowest BCUT2D eigenvalue weighted by molar-refractivity contribution is 0.0941. The van der Waals surface area contributed by atoms with Crippen molar-refractivity contribution in [3.05, 3.63) is 34.3 Å². The van der Waals surface area contributed by atoms with Crippen molar-refractivity contribution in [3.8, 4) is 6.07 Å². The van der Waals surface area contributed by atoms with Crippen LogP contribution in [0.4, 0.5) is 0 Å². The second-order valence-electron chi connectivity index (χ2n) is 3.70. The lowest BCUT2D eigenvalue weighted by atomic mass is 10.1. The number of carbonyl (C=O) groups is 1. The van der Waals surface area contributed by atoms with Crippen LogP contribution in [0.15, 0.2) is 18.2 Å². The normalized spacial score (nSPS) is 11.6. The van der Waals surface area contributed by atoms with Gasteiger partial charge in [-0.1, -0.05) is 11.6 Å². The van der Waals surface area contributed by atoms with Gasteiger partial charge in [-0.05, 0) is 37.6 Å². The molecular formula is C12H13ClN2O. The highest BCUT2D eigenvalue weighted by atomic mass is 35.5. The predicted molar refractivity (Wildman–Crippen MR) is 63.3 cm³/mol. The van der Waals surface area contributed by atoms with E-state index >= 15 is 0 Å². The van der Waals surface area contributed by atoms with E-state index in [1.165, 1.54) is 0 Å². The molecule has 0 fully saturated rings. The first kappa shape index (κ1) is 12.5. The molecule has 1 atom stereocenters. The minimum absolute atomic E-state index is 0.145. The zero-order valence-electron chi connectivity index (χ0n) is 9.25. The predicted octanol–water partition coefficient (Wildman–Crippen LogP) is 2.68. The molecule has 0 aliphatic heterocycles. The van der Waals surface area contributed by atoms with Gasteiger partial charge in [-0.25, -0.2) is 0 Å². The van der Waals surface area contributed by atoms with Crippen LogP contribution in [0, 0.1) is 18.3 Å². The summed E-state index contributed by atoms with van der Waals surface area (Å²) in [5.74, 6) is -0.178. The molecule has 1 N–H and O–H groups in total. The summed E-state index contributed by atoms with van der Waals surface area (Å²) in [5.41, 5.74) is 1.42. The van der Waals surface area contributed by atoms with Gasteiger partial charge in [0.05, 0.1) is 12.5 Å². The molecule has 0 saturated heterocycles. The minimum Gasteiger partial charge on any atom is -0.349 e. The van der Waals surface area contributed by atoms with Crippen LogP contribution in [0.1, 0.15) is 29.3 Å². The largest absolute Gasteiger partial charge is 0.349 e. The fourth-order valence-corrected chi connectivity index (χ4v) is 1.40. The number of hydrogen-bond donors (Lipinski definition) is 1. The van der Waals surface area contributed by atoms with Crippen LogP contribution in [0.5, 0.6) is 0 Å². The quantitative estimate of drug-likeness (QED) is 0.877. The first-order valence-corrected chi connectivity index (χ1v) is 5.36.